The first kappa shape index (κ1) is 17.9. The van der Waals surface area contributed by atoms with E-state index >= 15 is 0 Å². The maximum Gasteiger partial charge on any atom is 0.146 e. The van der Waals surface area contributed by atoms with Gasteiger partial charge in [0.1, 0.15) is 6.29 Å². The summed E-state index contributed by atoms with van der Waals surface area (Å²) in [6, 6.07) is 5.55. The van der Waals surface area contributed by atoms with Crippen LogP contribution in [0.4, 0.5) is 5.69 Å². The van der Waals surface area contributed by atoms with Gasteiger partial charge in [-0.2, -0.15) is 0 Å². The van der Waals surface area contributed by atoms with Crippen molar-refractivity contribution in [1.82, 2.24) is 4.90 Å². The summed E-state index contributed by atoms with van der Waals surface area (Å²) < 4.78 is 0. The Bertz CT molecular complexity index is 755. The van der Waals surface area contributed by atoms with Gasteiger partial charge in [0.25, 0.3) is 0 Å². The van der Waals surface area contributed by atoms with Crippen molar-refractivity contribution in [2.24, 2.45) is 5.73 Å². The standard InChI is InChI=1S/C19H21Cl2N3O/c20-15-6-7-18(16(21)11-15)23-8-3-9-24(13-23)19-10-14(12-25)4-1-2-5-17(19)22/h2,4-7,11-12H,1,3,8-10,13,22H2/b5-2-,14-4?,19-17-. The first-order valence-electron chi connectivity index (χ1n) is 8.33. The van der Waals surface area contributed by atoms with Crippen LogP contribution in [-0.2, 0) is 4.79 Å². The van der Waals surface area contributed by atoms with Crippen molar-refractivity contribution < 1.29 is 4.79 Å². The molecule has 0 atom stereocenters. The number of rotatable bonds is 3. The second-order valence-corrected chi connectivity index (χ2v) is 7.08. The monoisotopic (exact) mass is 377 g/mol. The Balaban J connectivity index is 1.86. The normalized spacial score (nSPS) is 22.9. The maximum absolute atomic E-state index is 11.3. The molecule has 4 nitrogen and oxygen atoms in total. The zero-order valence-electron chi connectivity index (χ0n) is 13.9. The van der Waals surface area contributed by atoms with E-state index in [1.807, 2.05) is 30.4 Å². The molecule has 25 heavy (non-hydrogen) atoms. The first-order valence-corrected chi connectivity index (χ1v) is 9.08. The third-order valence-corrected chi connectivity index (χ3v) is 5.04. The van der Waals surface area contributed by atoms with Crippen molar-refractivity contribution in [2.45, 2.75) is 19.3 Å². The van der Waals surface area contributed by atoms with Crippen molar-refractivity contribution in [1.29, 1.82) is 0 Å². The fourth-order valence-electron chi connectivity index (χ4n) is 3.22. The minimum absolute atomic E-state index is 0.557. The molecule has 0 amide bonds. The number of carbonyl (C=O) groups excluding carboxylic acids is 1. The highest BCUT2D eigenvalue weighted by molar-refractivity contribution is 6.36. The summed E-state index contributed by atoms with van der Waals surface area (Å²) in [4.78, 5) is 15.8. The molecule has 1 aliphatic heterocycles. The summed E-state index contributed by atoms with van der Waals surface area (Å²) in [6.45, 7) is 2.49. The van der Waals surface area contributed by atoms with Crippen LogP contribution in [0.3, 0.4) is 0 Å². The summed E-state index contributed by atoms with van der Waals surface area (Å²) in [5, 5.41) is 1.27. The quantitative estimate of drug-likeness (QED) is 0.805. The van der Waals surface area contributed by atoms with Gasteiger partial charge < -0.3 is 15.5 Å². The van der Waals surface area contributed by atoms with Gasteiger partial charge in [-0.3, -0.25) is 4.79 Å². The van der Waals surface area contributed by atoms with Gasteiger partial charge in [0.15, 0.2) is 0 Å². The summed E-state index contributed by atoms with van der Waals surface area (Å²) in [5.74, 6) is 0. The Morgan fingerprint density at radius 2 is 1.96 bits per heavy atom. The maximum atomic E-state index is 11.3. The smallest absolute Gasteiger partial charge is 0.146 e. The number of aldehydes is 1. The molecule has 1 aliphatic carbocycles. The predicted octanol–water partition coefficient (Wildman–Crippen LogP) is 4.11. The molecule has 1 aromatic rings. The van der Waals surface area contributed by atoms with Crippen LogP contribution in [0.5, 0.6) is 0 Å². The Hall–Kier alpha value is -1.91. The molecule has 0 aromatic heterocycles. The van der Waals surface area contributed by atoms with Crippen molar-refractivity contribution in [3.63, 3.8) is 0 Å². The molecule has 2 aliphatic rings. The molecule has 6 heteroatoms. The number of hydrogen-bond acceptors (Lipinski definition) is 4. The summed E-state index contributed by atoms with van der Waals surface area (Å²) in [6.07, 6.45) is 9.06. The number of benzene rings is 1. The van der Waals surface area contributed by atoms with Gasteiger partial charge in [0.2, 0.25) is 0 Å². The van der Waals surface area contributed by atoms with Crippen LogP contribution >= 0.6 is 23.2 Å². The van der Waals surface area contributed by atoms with Crippen LogP contribution in [0.1, 0.15) is 19.3 Å². The molecule has 0 bridgehead atoms. The lowest BCUT2D eigenvalue weighted by Crippen LogP contribution is -2.45. The second-order valence-electron chi connectivity index (χ2n) is 6.23. The van der Waals surface area contributed by atoms with Gasteiger partial charge in [-0.05, 0) is 42.7 Å². The molecule has 0 spiro atoms. The number of hydrogen-bond donors (Lipinski definition) is 1. The van der Waals surface area contributed by atoms with Gasteiger partial charge in [0.05, 0.1) is 23.1 Å². The van der Waals surface area contributed by atoms with Crippen molar-refractivity contribution in [3.05, 3.63) is 63.4 Å². The fraction of sp³-hybridized carbons (Fsp3) is 0.316. The molecule has 1 heterocycles. The van der Waals surface area contributed by atoms with Gasteiger partial charge in [-0.1, -0.05) is 35.4 Å². The van der Waals surface area contributed by atoms with E-state index in [2.05, 4.69) is 9.80 Å². The number of anilines is 1. The molecule has 0 unspecified atom stereocenters. The zero-order chi connectivity index (χ0) is 17.8. The average Bonchev–Trinajstić information content (AvgIpc) is 2.59. The molecule has 3 rings (SSSR count). The lowest BCUT2D eigenvalue weighted by Gasteiger charge is -2.40. The minimum Gasteiger partial charge on any atom is -0.397 e. The zero-order valence-corrected chi connectivity index (χ0v) is 15.4. The highest BCUT2D eigenvalue weighted by Crippen LogP contribution is 2.31. The fourth-order valence-corrected chi connectivity index (χ4v) is 3.74. The molecule has 0 radical (unpaired) electrons. The third kappa shape index (κ3) is 4.20. The van der Waals surface area contributed by atoms with Crippen LogP contribution in [0, 0.1) is 0 Å². The van der Waals surface area contributed by atoms with E-state index in [-0.39, 0.29) is 0 Å². The third-order valence-electron chi connectivity index (χ3n) is 4.50. The van der Waals surface area contributed by atoms with Crippen LogP contribution in [0.15, 0.2) is 53.4 Å². The van der Waals surface area contributed by atoms with Crippen molar-refractivity contribution >= 4 is 35.2 Å². The number of carbonyl (C=O) groups is 1. The Labute approximate surface area is 158 Å². The van der Waals surface area contributed by atoms with Crippen molar-refractivity contribution in [3.8, 4) is 0 Å². The van der Waals surface area contributed by atoms with E-state index in [4.69, 9.17) is 28.9 Å². The molecule has 1 fully saturated rings. The summed E-state index contributed by atoms with van der Waals surface area (Å²) >= 11 is 12.4. The Kier molecular flexibility index (Phi) is 5.71. The predicted molar refractivity (Wildman–Crippen MR) is 104 cm³/mol. The van der Waals surface area contributed by atoms with Gasteiger partial charge in [-0.25, -0.2) is 0 Å². The number of halogens is 2. The Morgan fingerprint density at radius 3 is 2.72 bits per heavy atom. The minimum atomic E-state index is 0.557. The van der Waals surface area contributed by atoms with E-state index in [9.17, 15) is 4.79 Å². The van der Waals surface area contributed by atoms with Gasteiger partial charge in [0, 0.05) is 30.2 Å². The number of nitrogens with zero attached hydrogens (tertiary/aromatic N) is 2. The molecular formula is C19H21Cl2N3O. The molecule has 132 valence electrons. The van der Waals surface area contributed by atoms with Crippen LogP contribution in [0.2, 0.25) is 10.0 Å². The van der Waals surface area contributed by atoms with E-state index in [0.29, 0.717) is 23.1 Å². The van der Waals surface area contributed by atoms with Crippen LogP contribution < -0.4 is 10.6 Å². The molecule has 1 saturated heterocycles. The SMILES string of the molecule is NC1=C(\N2CCCN(c3ccc(Cl)cc3Cl)C2)CC(C=O)=CC/C=C\1. The largest absolute Gasteiger partial charge is 0.397 e. The molecular weight excluding hydrogens is 357 g/mol. The Morgan fingerprint density at radius 1 is 1.16 bits per heavy atom. The van der Waals surface area contributed by atoms with E-state index in [1.54, 1.807) is 6.07 Å². The first-order chi connectivity index (χ1) is 12.1. The molecule has 1 aromatic carbocycles. The summed E-state index contributed by atoms with van der Waals surface area (Å²) in [7, 11) is 0. The van der Waals surface area contributed by atoms with Crippen LogP contribution in [-0.4, -0.2) is 30.9 Å². The lowest BCUT2D eigenvalue weighted by atomic mass is 10.0. The van der Waals surface area contributed by atoms with Gasteiger partial charge >= 0.3 is 0 Å². The molecule has 0 saturated carbocycles. The topological polar surface area (TPSA) is 49.6 Å². The summed E-state index contributed by atoms with van der Waals surface area (Å²) in [5.41, 5.74) is 9.71. The highest BCUT2D eigenvalue weighted by Gasteiger charge is 2.23. The lowest BCUT2D eigenvalue weighted by molar-refractivity contribution is -0.105. The number of nitrogens with two attached hydrogens (primary N) is 1. The van der Waals surface area contributed by atoms with Gasteiger partial charge in [-0.15, -0.1) is 0 Å². The molecule has 2 N–H and O–H groups in total. The second kappa shape index (κ2) is 7.98. The average molecular weight is 378 g/mol. The number of allylic oxidation sites excluding steroid dienone is 4. The van der Waals surface area contributed by atoms with Crippen molar-refractivity contribution in [2.75, 3.05) is 24.7 Å². The van der Waals surface area contributed by atoms with E-state index < -0.39 is 0 Å². The van der Waals surface area contributed by atoms with E-state index in [0.717, 1.165) is 54.9 Å². The van der Waals surface area contributed by atoms with E-state index in [1.165, 1.54) is 0 Å². The van der Waals surface area contributed by atoms with Crippen LogP contribution in [0.25, 0.3) is 0 Å². The highest BCUT2D eigenvalue weighted by atomic mass is 35.5.